The maximum atomic E-state index is 2.70. The first-order valence-electron chi connectivity index (χ1n) is 23.3. The number of nitrogens with zero attached hydrogens (tertiary/aromatic N) is 2. The number of benzene rings is 8. The van der Waals surface area contributed by atoms with Crippen LogP contribution >= 0.6 is 0 Å². The summed E-state index contributed by atoms with van der Waals surface area (Å²) in [5, 5.41) is 2.54. The minimum Gasteiger partial charge on any atom is -0.376 e. The van der Waals surface area contributed by atoms with Gasteiger partial charge >= 0.3 is 6.85 Å². The van der Waals surface area contributed by atoms with Crippen molar-refractivity contribution >= 4 is 57.0 Å². The molecule has 3 heteroatoms. The van der Waals surface area contributed by atoms with E-state index in [1.807, 2.05) is 0 Å². The third kappa shape index (κ3) is 6.07. The van der Waals surface area contributed by atoms with Crippen LogP contribution in [0.5, 0.6) is 0 Å². The molecular weight excluding hydrogens is 771 g/mol. The first-order chi connectivity index (χ1) is 30.4. The molecule has 8 aromatic rings. The van der Waals surface area contributed by atoms with Gasteiger partial charge in [-0.25, -0.2) is 0 Å². The molecule has 0 unspecified atom stereocenters. The van der Waals surface area contributed by atoms with E-state index in [-0.39, 0.29) is 28.5 Å². The van der Waals surface area contributed by atoms with Gasteiger partial charge in [0.1, 0.15) is 0 Å². The fraction of sp³-hybridized carbons (Fsp3) is 0.246. The molecule has 0 saturated carbocycles. The summed E-state index contributed by atoms with van der Waals surface area (Å²) in [4.78, 5) is 5.35. The van der Waals surface area contributed by atoms with Gasteiger partial charge in [-0.05, 0) is 130 Å². The van der Waals surface area contributed by atoms with Crippen molar-refractivity contribution in [3.63, 3.8) is 0 Å². The molecule has 0 radical (unpaired) electrons. The highest BCUT2D eigenvalue weighted by atomic mass is 15.2. The molecule has 2 nitrogen and oxygen atoms in total. The smallest absolute Gasteiger partial charge is 0.333 e. The zero-order valence-electron chi connectivity index (χ0n) is 39.5. The van der Waals surface area contributed by atoms with Gasteiger partial charge < -0.3 is 9.71 Å². The van der Waals surface area contributed by atoms with Gasteiger partial charge in [0.15, 0.2) is 0 Å². The first-order valence-corrected chi connectivity index (χ1v) is 23.3. The molecule has 8 aromatic carbocycles. The van der Waals surface area contributed by atoms with Crippen LogP contribution in [0.3, 0.4) is 0 Å². The molecule has 3 aliphatic rings. The molecule has 0 spiro atoms. The lowest BCUT2D eigenvalue weighted by molar-refractivity contribution is 0.590. The Morgan fingerprint density at radius 2 is 1.06 bits per heavy atom. The molecule has 2 aliphatic heterocycles. The maximum Gasteiger partial charge on any atom is 0.333 e. The Morgan fingerprint density at radius 1 is 0.438 bits per heavy atom. The summed E-state index contributed by atoms with van der Waals surface area (Å²) in [5.41, 5.74) is 23.1. The van der Waals surface area contributed by atoms with Crippen LogP contribution in [0.15, 0.2) is 158 Å². The molecule has 2 heterocycles. The zero-order valence-corrected chi connectivity index (χ0v) is 39.5. The number of fused-ring (bicyclic) bond motifs is 9. The Labute approximate surface area is 381 Å². The average molecular weight is 831 g/mol. The Morgan fingerprint density at radius 3 is 1.78 bits per heavy atom. The summed E-state index contributed by atoms with van der Waals surface area (Å²) in [6, 6.07) is 61.0. The van der Waals surface area contributed by atoms with Crippen LogP contribution in [-0.4, -0.2) is 6.85 Å². The molecule has 316 valence electrons. The van der Waals surface area contributed by atoms with E-state index in [0.29, 0.717) is 0 Å². The quantitative estimate of drug-likeness (QED) is 0.164. The number of hydrogen-bond acceptors (Lipinski definition) is 2. The molecule has 1 aliphatic carbocycles. The summed E-state index contributed by atoms with van der Waals surface area (Å²) in [6.45, 7) is 25.7. The van der Waals surface area contributed by atoms with Gasteiger partial charge in [-0.2, -0.15) is 0 Å². The number of anilines is 5. The number of rotatable bonds is 3. The molecule has 11 rings (SSSR count). The standard InChI is InChI=1S/C61H59BN2/c1-58(2,3)40-25-29-43(30-26-40)64-53-35-42(60(7,8)9)27-31-46(53)56-44-22-16-15-21-39(44)33-55-57(56)62(64)51-37-50-48(45-23-17-18-24-49(45)61(50,10)11)36-54(51)63(55)52-32-28-41(59(4,5)6)34-47(52)38-19-13-12-14-20-38/h12-37H,1-11H3. The molecule has 64 heavy (non-hydrogen) atoms. The highest BCUT2D eigenvalue weighted by molar-refractivity contribution is 6.94. The molecule has 0 amide bonds. The molecule has 0 aromatic heterocycles. The molecule has 0 saturated heterocycles. The first kappa shape index (κ1) is 40.5. The van der Waals surface area contributed by atoms with Crippen molar-refractivity contribution in [2.24, 2.45) is 0 Å². The van der Waals surface area contributed by atoms with Gasteiger partial charge in [-0.3, -0.25) is 0 Å². The Bertz CT molecular complexity index is 3190. The average Bonchev–Trinajstić information content (AvgIpc) is 3.49. The lowest BCUT2D eigenvalue weighted by Crippen LogP contribution is -2.62. The van der Waals surface area contributed by atoms with Crippen molar-refractivity contribution in [3.8, 4) is 33.4 Å². The van der Waals surface area contributed by atoms with Crippen LogP contribution in [0.4, 0.5) is 28.4 Å². The highest BCUT2D eigenvalue weighted by Crippen LogP contribution is 2.55. The topological polar surface area (TPSA) is 6.48 Å². The summed E-state index contributed by atoms with van der Waals surface area (Å²) in [6.07, 6.45) is 0. The van der Waals surface area contributed by atoms with E-state index in [0.717, 1.165) is 0 Å². The fourth-order valence-electron chi connectivity index (χ4n) is 11.1. The number of hydrogen-bond donors (Lipinski definition) is 0. The third-order valence-electron chi connectivity index (χ3n) is 14.7. The summed E-state index contributed by atoms with van der Waals surface area (Å²) >= 11 is 0. The highest BCUT2D eigenvalue weighted by Gasteiger charge is 2.48. The van der Waals surface area contributed by atoms with Gasteiger partial charge in [0.25, 0.3) is 0 Å². The van der Waals surface area contributed by atoms with Crippen LogP contribution in [0, 0.1) is 0 Å². The van der Waals surface area contributed by atoms with E-state index >= 15 is 0 Å². The Kier molecular flexibility index (Phi) is 8.75. The SMILES string of the molecule is CC(C)(C)c1ccc(N2B3c4cc5c(cc4N(c4ccc(C(C)(C)C)cc4-c4ccccc4)c4cc6ccccc6c(c43)-c3ccc(C(C)(C)C)cc32)-c2ccccc2C5(C)C)cc1. The predicted octanol–water partition coefficient (Wildman–Crippen LogP) is 15.4. The molecule has 0 bridgehead atoms. The zero-order chi connectivity index (χ0) is 44.7. The van der Waals surface area contributed by atoms with E-state index in [2.05, 4.69) is 244 Å². The van der Waals surface area contributed by atoms with Crippen molar-refractivity contribution in [1.29, 1.82) is 0 Å². The van der Waals surface area contributed by atoms with E-state index < -0.39 is 0 Å². The summed E-state index contributed by atoms with van der Waals surface area (Å²) in [7, 11) is 0. The lowest BCUT2D eigenvalue weighted by atomic mass is 9.42. The van der Waals surface area contributed by atoms with Crippen molar-refractivity contribution < 1.29 is 0 Å². The van der Waals surface area contributed by atoms with Crippen molar-refractivity contribution in [3.05, 3.63) is 186 Å². The van der Waals surface area contributed by atoms with E-state index in [9.17, 15) is 0 Å². The van der Waals surface area contributed by atoms with E-state index in [4.69, 9.17) is 0 Å². The largest absolute Gasteiger partial charge is 0.376 e. The van der Waals surface area contributed by atoms with Gasteiger partial charge in [-0.1, -0.05) is 191 Å². The Hall–Kier alpha value is -6.32. The lowest BCUT2D eigenvalue weighted by Gasteiger charge is -2.47. The Balaban J connectivity index is 1.31. The van der Waals surface area contributed by atoms with Crippen LogP contribution in [0.25, 0.3) is 44.2 Å². The molecular formula is C61H59BN2. The summed E-state index contributed by atoms with van der Waals surface area (Å²) < 4.78 is 0. The third-order valence-corrected chi connectivity index (χ3v) is 14.7. The molecule has 0 fully saturated rings. The fourth-order valence-corrected chi connectivity index (χ4v) is 11.1. The van der Waals surface area contributed by atoms with Gasteiger partial charge in [0.05, 0.1) is 5.69 Å². The van der Waals surface area contributed by atoms with Crippen LogP contribution in [0.1, 0.15) is 104 Å². The second-order valence-corrected chi connectivity index (χ2v) is 22.3. The van der Waals surface area contributed by atoms with Crippen molar-refractivity contribution in [2.45, 2.75) is 97.8 Å². The predicted molar refractivity (Wildman–Crippen MR) is 277 cm³/mol. The minimum atomic E-state index is -0.174. The molecule has 0 atom stereocenters. The van der Waals surface area contributed by atoms with Gasteiger partial charge in [0, 0.05) is 39.3 Å². The minimum absolute atomic E-state index is 0.0240. The van der Waals surface area contributed by atoms with Crippen molar-refractivity contribution in [1.82, 2.24) is 0 Å². The van der Waals surface area contributed by atoms with Crippen LogP contribution in [-0.2, 0) is 21.7 Å². The summed E-state index contributed by atoms with van der Waals surface area (Å²) in [5.74, 6) is 0. The normalized spacial score (nSPS) is 14.8. The second-order valence-electron chi connectivity index (χ2n) is 22.3. The van der Waals surface area contributed by atoms with E-state index in [1.165, 1.54) is 111 Å². The second kappa shape index (κ2) is 13.8. The maximum absolute atomic E-state index is 2.70. The van der Waals surface area contributed by atoms with Crippen LogP contribution in [0.2, 0.25) is 0 Å². The van der Waals surface area contributed by atoms with Crippen molar-refractivity contribution in [2.75, 3.05) is 9.71 Å². The van der Waals surface area contributed by atoms with Crippen LogP contribution < -0.4 is 20.6 Å². The molecule has 0 N–H and O–H groups in total. The monoisotopic (exact) mass is 830 g/mol. The van der Waals surface area contributed by atoms with E-state index in [1.54, 1.807) is 0 Å². The van der Waals surface area contributed by atoms with Gasteiger partial charge in [-0.15, -0.1) is 0 Å². The van der Waals surface area contributed by atoms with Gasteiger partial charge in [0.2, 0.25) is 0 Å².